The van der Waals surface area contributed by atoms with Crippen molar-refractivity contribution in [3.63, 3.8) is 0 Å². The third-order valence-electron chi connectivity index (χ3n) is 2.73. The molecule has 0 radical (unpaired) electrons. The number of piperidine rings is 1. The molecule has 0 aromatic rings. The van der Waals surface area contributed by atoms with Gasteiger partial charge in [0.1, 0.15) is 0 Å². The highest BCUT2D eigenvalue weighted by molar-refractivity contribution is 5.01. The second kappa shape index (κ2) is 1.72. The van der Waals surface area contributed by atoms with Gasteiger partial charge in [-0.2, -0.15) is 0 Å². The monoisotopic (exact) mass is 125 g/mol. The van der Waals surface area contributed by atoms with E-state index in [1.54, 1.807) is 0 Å². The molecular formula is C8H15N. The van der Waals surface area contributed by atoms with Crippen LogP contribution < -0.4 is 0 Å². The zero-order chi connectivity index (χ0) is 6.43. The first kappa shape index (κ1) is 5.72. The Balaban J connectivity index is 1.98. The van der Waals surface area contributed by atoms with E-state index in [0.717, 1.165) is 18.0 Å². The molecule has 52 valence electrons. The molecule has 1 heterocycles. The van der Waals surface area contributed by atoms with Crippen LogP contribution in [-0.4, -0.2) is 23.5 Å². The number of likely N-dealkylation sites (tertiary alicyclic amines) is 1. The maximum atomic E-state index is 2.64. The average Bonchev–Trinajstić information content (AvgIpc) is 2.43. The number of hydrogen-bond donors (Lipinski definition) is 0. The molecule has 0 amide bonds. The molecule has 0 aromatic heterocycles. The van der Waals surface area contributed by atoms with E-state index in [1.807, 2.05) is 0 Å². The molecule has 1 aliphatic heterocycles. The maximum absolute atomic E-state index is 2.64. The normalized spacial score (nSPS) is 41.7. The molecule has 0 bridgehead atoms. The van der Waals surface area contributed by atoms with Gasteiger partial charge in [-0.05, 0) is 39.2 Å². The van der Waals surface area contributed by atoms with Gasteiger partial charge in [-0.1, -0.05) is 0 Å². The minimum absolute atomic E-state index is 0.794. The van der Waals surface area contributed by atoms with E-state index >= 15 is 0 Å². The second-order valence-electron chi connectivity index (χ2n) is 3.68. The summed E-state index contributed by atoms with van der Waals surface area (Å²) in [5.41, 5.74) is 0. The van der Waals surface area contributed by atoms with Crippen LogP contribution in [-0.2, 0) is 0 Å². The molecule has 1 aliphatic carbocycles. The lowest BCUT2D eigenvalue weighted by molar-refractivity contribution is 0.242. The summed E-state index contributed by atoms with van der Waals surface area (Å²) in [6, 6.07) is 1.80. The van der Waals surface area contributed by atoms with Gasteiger partial charge >= 0.3 is 0 Å². The summed E-state index contributed by atoms with van der Waals surface area (Å²) >= 11 is 0. The predicted octanol–water partition coefficient (Wildman–Crippen LogP) is 1.49. The Kier molecular flexibility index (Phi) is 1.10. The van der Waals surface area contributed by atoms with Crippen molar-refractivity contribution < 1.29 is 0 Å². The van der Waals surface area contributed by atoms with Crippen molar-refractivity contribution in [2.24, 2.45) is 5.92 Å². The molecule has 0 aromatic carbocycles. The fraction of sp³-hybridized carbons (Fsp3) is 1.00. The van der Waals surface area contributed by atoms with Crippen LogP contribution in [0, 0.1) is 5.92 Å². The highest BCUT2D eigenvalue weighted by Crippen LogP contribution is 2.45. The highest BCUT2D eigenvalue weighted by Gasteiger charge is 2.47. The van der Waals surface area contributed by atoms with Crippen molar-refractivity contribution in [3.05, 3.63) is 0 Å². The Bertz CT molecular complexity index is 120. The summed E-state index contributed by atoms with van der Waals surface area (Å²) in [7, 11) is 0. The quantitative estimate of drug-likeness (QED) is 0.513. The van der Waals surface area contributed by atoms with Gasteiger partial charge < -0.3 is 0 Å². The summed E-state index contributed by atoms with van der Waals surface area (Å²) < 4.78 is 0. The lowest BCUT2D eigenvalue weighted by atomic mass is 10.3. The third-order valence-corrected chi connectivity index (χ3v) is 2.73. The van der Waals surface area contributed by atoms with Gasteiger partial charge in [-0.25, -0.2) is 0 Å². The molecule has 2 unspecified atom stereocenters. The van der Waals surface area contributed by atoms with Crippen LogP contribution in [0.1, 0.15) is 26.7 Å². The number of rotatable bonds is 1. The first-order chi connectivity index (χ1) is 4.29. The molecule has 1 heteroatoms. The lowest BCUT2D eigenvalue weighted by Gasteiger charge is -2.21. The summed E-state index contributed by atoms with van der Waals surface area (Å²) in [5, 5.41) is 0. The molecule has 2 aliphatic rings. The van der Waals surface area contributed by atoms with Gasteiger partial charge in [0.25, 0.3) is 0 Å². The smallest absolute Gasteiger partial charge is 0.0130 e. The molecule has 1 saturated carbocycles. The van der Waals surface area contributed by atoms with E-state index in [0.29, 0.717) is 0 Å². The molecule has 0 N–H and O–H groups in total. The Morgan fingerprint density at radius 2 is 2.22 bits per heavy atom. The van der Waals surface area contributed by atoms with Gasteiger partial charge in [0, 0.05) is 12.1 Å². The topological polar surface area (TPSA) is 3.24 Å². The van der Waals surface area contributed by atoms with E-state index in [9.17, 15) is 0 Å². The SMILES string of the molecule is CC(C)N1CCC2CC21. The summed E-state index contributed by atoms with van der Waals surface area (Å²) in [6.45, 7) is 5.98. The van der Waals surface area contributed by atoms with Crippen LogP contribution in [0.2, 0.25) is 0 Å². The van der Waals surface area contributed by atoms with Crippen LogP contribution in [0.25, 0.3) is 0 Å². The second-order valence-corrected chi connectivity index (χ2v) is 3.68. The van der Waals surface area contributed by atoms with E-state index in [-0.39, 0.29) is 0 Å². The first-order valence-corrected chi connectivity index (χ1v) is 4.05. The largest absolute Gasteiger partial charge is 0.298 e. The fourth-order valence-corrected chi connectivity index (χ4v) is 2.07. The first-order valence-electron chi connectivity index (χ1n) is 4.05. The van der Waals surface area contributed by atoms with E-state index in [2.05, 4.69) is 18.7 Å². The van der Waals surface area contributed by atoms with Gasteiger partial charge in [-0.15, -0.1) is 0 Å². The summed E-state index contributed by atoms with van der Waals surface area (Å²) in [5.74, 6) is 1.10. The Labute approximate surface area is 57.0 Å². The zero-order valence-electron chi connectivity index (χ0n) is 6.30. The Morgan fingerprint density at radius 3 is 2.44 bits per heavy atom. The number of fused-ring (bicyclic) bond motifs is 1. The minimum atomic E-state index is 0.794. The Morgan fingerprint density at radius 1 is 1.44 bits per heavy atom. The molecule has 9 heavy (non-hydrogen) atoms. The van der Waals surface area contributed by atoms with Crippen LogP contribution in [0.4, 0.5) is 0 Å². The molecule has 0 spiro atoms. The van der Waals surface area contributed by atoms with Crippen LogP contribution in [0.15, 0.2) is 0 Å². The van der Waals surface area contributed by atoms with Crippen molar-refractivity contribution in [1.82, 2.24) is 4.90 Å². The van der Waals surface area contributed by atoms with Crippen LogP contribution in [0.3, 0.4) is 0 Å². The van der Waals surface area contributed by atoms with Gasteiger partial charge in [0.05, 0.1) is 0 Å². The van der Waals surface area contributed by atoms with Gasteiger partial charge in [0.2, 0.25) is 0 Å². The number of nitrogens with zero attached hydrogens (tertiary/aromatic N) is 1. The van der Waals surface area contributed by atoms with Crippen molar-refractivity contribution in [1.29, 1.82) is 0 Å². The standard InChI is InChI=1S/C8H15N/c1-6(2)9-4-3-7-5-8(7)9/h6-8H,3-5H2,1-2H3. The molecule has 2 fully saturated rings. The summed E-state index contributed by atoms with van der Waals surface area (Å²) in [6.07, 6.45) is 2.97. The molecular weight excluding hydrogens is 110 g/mol. The fourth-order valence-electron chi connectivity index (χ4n) is 2.07. The molecule has 1 saturated heterocycles. The lowest BCUT2D eigenvalue weighted by Crippen LogP contribution is -2.30. The molecule has 2 rings (SSSR count). The minimum Gasteiger partial charge on any atom is -0.298 e. The third kappa shape index (κ3) is 0.787. The average molecular weight is 125 g/mol. The van der Waals surface area contributed by atoms with E-state index < -0.39 is 0 Å². The van der Waals surface area contributed by atoms with Gasteiger partial charge in [0.15, 0.2) is 0 Å². The molecule has 1 nitrogen and oxygen atoms in total. The van der Waals surface area contributed by atoms with Crippen molar-refractivity contribution in [3.8, 4) is 0 Å². The van der Waals surface area contributed by atoms with Crippen molar-refractivity contribution in [2.75, 3.05) is 6.54 Å². The van der Waals surface area contributed by atoms with Crippen molar-refractivity contribution >= 4 is 0 Å². The van der Waals surface area contributed by atoms with Gasteiger partial charge in [-0.3, -0.25) is 4.90 Å². The van der Waals surface area contributed by atoms with E-state index in [4.69, 9.17) is 0 Å². The van der Waals surface area contributed by atoms with Crippen LogP contribution in [0.5, 0.6) is 0 Å². The van der Waals surface area contributed by atoms with Crippen molar-refractivity contribution in [2.45, 2.75) is 38.8 Å². The Hall–Kier alpha value is -0.0400. The number of hydrogen-bond acceptors (Lipinski definition) is 1. The van der Waals surface area contributed by atoms with E-state index in [1.165, 1.54) is 19.4 Å². The highest BCUT2D eigenvalue weighted by atomic mass is 15.2. The maximum Gasteiger partial charge on any atom is 0.0130 e. The summed E-state index contributed by atoms with van der Waals surface area (Å²) in [4.78, 5) is 2.64. The predicted molar refractivity (Wildman–Crippen MR) is 38.4 cm³/mol. The zero-order valence-corrected chi connectivity index (χ0v) is 6.30. The molecule has 2 atom stereocenters. The van der Waals surface area contributed by atoms with Crippen LogP contribution >= 0.6 is 0 Å².